The minimum Gasteiger partial charge on any atom is -0.357 e. The zero-order valence-corrected chi connectivity index (χ0v) is 23.0. The average molecular weight is 542 g/mol. The third-order valence-corrected chi connectivity index (χ3v) is 8.35. The van der Waals surface area contributed by atoms with E-state index >= 15 is 0 Å². The van der Waals surface area contributed by atoms with Crippen LogP contribution in [0.25, 0.3) is 0 Å². The standard InChI is InChI=1S/C28H32ClN3O4S/c1-5-25(28(34)30-4)31(18-22-11-7-8-12-24(22)29)27(33)19-32(26-13-9-6-10-21(26)3)37(35,36)23-16-14-20(2)15-17-23/h6-17,25H,5,18-19H2,1-4H3,(H,30,34)/t25-/m1/s1. The maximum atomic E-state index is 13.9. The Morgan fingerprint density at radius 3 is 2.16 bits per heavy atom. The molecule has 9 heteroatoms. The molecule has 37 heavy (non-hydrogen) atoms. The van der Waals surface area contributed by atoms with Gasteiger partial charge in [0.2, 0.25) is 11.8 Å². The minimum absolute atomic E-state index is 0.0522. The molecule has 3 aromatic carbocycles. The molecule has 1 N–H and O–H groups in total. The predicted octanol–water partition coefficient (Wildman–Crippen LogP) is 4.71. The summed E-state index contributed by atoms with van der Waals surface area (Å²) in [6, 6.07) is 19.7. The van der Waals surface area contributed by atoms with Crippen LogP contribution < -0.4 is 9.62 Å². The van der Waals surface area contributed by atoms with E-state index in [1.54, 1.807) is 74.5 Å². The molecule has 0 radical (unpaired) electrons. The lowest BCUT2D eigenvalue weighted by Gasteiger charge is -2.33. The van der Waals surface area contributed by atoms with Crippen molar-refractivity contribution in [1.29, 1.82) is 0 Å². The molecule has 0 unspecified atom stereocenters. The van der Waals surface area contributed by atoms with Crippen LogP contribution in [-0.2, 0) is 26.2 Å². The molecule has 1 atom stereocenters. The number of likely N-dealkylation sites (N-methyl/N-ethyl adjacent to an activating group) is 1. The molecule has 0 spiro atoms. The van der Waals surface area contributed by atoms with Gasteiger partial charge < -0.3 is 10.2 Å². The highest BCUT2D eigenvalue weighted by atomic mass is 35.5. The topological polar surface area (TPSA) is 86.8 Å². The van der Waals surface area contributed by atoms with Crippen LogP contribution in [0.5, 0.6) is 0 Å². The highest BCUT2D eigenvalue weighted by molar-refractivity contribution is 7.92. The monoisotopic (exact) mass is 541 g/mol. The number of nitrogens with zero attached hydrogens (tertiary/aromatic N) is 2. The van der Waals surface area contributed by atoms with E-state index < -0.39 is 28.5 Å². The van der Waals surface area contributed by atoms with Crippen LogP contribution in [0.1, 0.15) is 30.0 Å². The van der Waals surface area contributed by atoms with Gasteiger partial charge in [-0.3, -0.25) is 13.9 Å². The van der Waals surface area contributed by atoms with Gasteiger partial charge in [0, 0.05) is 18.6 Å². The van der Waals surface area contributed by atoms with Gasteiger partial charge >= 0.3 is 0 Å². The van der Waals surface area contributed by atoms with Crippen LogP contribution >= 0.6 is 11.6 Å². The third kappa shape index (κ3) is 6.50. The van der Waals surface area contributed by atoms with Crippen molar-refractivity contribution >= 4 is 39.1 Å². The fraction of sp³-hybridized carbons (Fsp3) is 0.286. The van der Waals surface area contributed by atoms with Crippen LogP contribution in [0.15, 0.2) is 77.7 Å². The Labute approximate surface area is 224 Å². The van der Waals surface area contributed by atoms with Crippen molar-refractivity contribution in [1.82, 2.24) is 10.2 Å². The summed E-state index contributed by atoms with van der Waals surface area (Å²) in [4.78, 5) is 28.1. The SMILES string of the molecule is CC[C@H](C(=O)NC)N(Cc1ccccc1Cl)C(=O)CN(c1ccccc1C)S(=O)(=O)c1ccc(C)cc1. The molecule has 3 rings (SSSR count). The number of halogens is 1. The molecule has 0 heterocycles. The fourth-order valence-corrected chi connectivity index (χ4v) is 5.76. The Morgan fingerprint density at radius 1 is 0.946 bits per heavy atom. The number of sulfonamides is 1. The van der Waals surface area contributed by atoms with Crippen LogP contribution in [0.2, 0.25) is 5.02 Å². The van der Waals surface area contributed by atoms with Gasteiger partial charge in [-0.2, -0.15) is 0 Å². The number of aryl methyl sites for hydroxylation is 2. The normalized spacial score (nSPS) is 12.0. The molecule has 0 aromatic heterocycles. The number of rotatable bonds is 10. The zero-order chi connectivity index (χ0) is 27.2. The van der Waals surface area contributed by atoms with Gasteiger partial charge in [-0.15, -0.1) is 0 Å². The molecule has 0 bridgehead atoms. The molecule has 3 aromatic rings. The lowest BCUT2D eigenvalue weighted by atomic mass is 10.1. The van der Waals surface area contributed by atoms with Gasteiger partial charge in [-0.1, -0.05) is 72.6 Å². The number of carbonyl (C=O) groups is 2. The minimum atomic E-state index is -4.10. The summed E-state index contributed by atoms with van der Waals surface area (Å²) in [6.07, 6.45) is 0.338. The maximum Gasteiger partial charge on any atom is 0.264 e. The lowest BCUT2D eigenvalue weighted by Crippen LogP contribution is -2.51. The third-order valence-electron chi connectivity index (χ3n) is 6.20. The summed E-state index contributed by atoms with van der Waals surface area (Å²) < 4.78 is 28.8. The molecular formula is C28H32ClN3O4S. The van der Waals surface area contributed by atoms with Crippen LogP contribution in [0, 0.1) is 13.8 Å². The van der Waals surface area contributed by atoms with Crippen molar-refractivity contribution in [3.8, 4) is 0 Å². The van der Waals surface area contributed by atoms with Crippen LogP contribution in [0.3, 0.4) is 0 Å². The fourth-order valence-electron chi connectivity index (χ4n) is 4.09. The number of hydrogen-bond acceptors (Lipinski definition) is 4. The molecule has 0 aliphatic carbocycles. The Hall–Kier alpha value is -3.36. The second-order valence-electron chi connectivity index (χ2n) is 8.76. The first-order valence-corrected chi connectivity index (χ1v) is 13.8. The molecule has 0 saturated heterocycles. The molecule has 0 aliphatic heterocycles. The second-order valence-corrected chi connectivity index (χ2v) is 11.0. The Kier molecular flexibility index (Phi) is 9.34. The van der Waals surface area contributed by atoms with Crippen molar-refractivity contribution < 1.29 is 18.0 Å². The van der Waals surface area contributed by atoms with Gasteiger partial charge in [0.25, 0.3) is 10.0 Å². The van der Waals surface area contributed by atoms with Gasteiger partial charge in [-0.25, -0.2) is 8.42 Å². The number of anilines is 1. The Morgan fingerprint density at radius 2 is 1.57 bits per heavy atom. The quantitative estimate of drug-likeness (QED) is 0.403. The van der Waals surface area contributed by atoms with Gasteiger partial charge in [-0.05, 0) is 55.7 Å². The highest BCUT2D eigenvalue weighted by Crippen LogP contribution is 2.28. The summed E-state index contributed by atoms with van der Waals surface area (Å²) in [5.41, 5.74) is 2.66. The van der Waals surface area contributed by atoms with E-state index in [2.05, 4.69) is 5.32 Å². The van der Waals surface area contributed by atoms with Crippen molar-refractivity contribution in [2.75, 3.05) is 17.9 Å². The van der Waals surface area contributed by atoms with E-state index in [1.807, 2.05) is 6.92 Å². The largest absolute Gasteiger partial charge is 0.357 e. The highest BCUT2D eigenvalue weighted by Gasteiger charge is 2.34. The second kappa shape index (κ2) is 12.3. The first kappa shape index (κ1) is 28.2. The van der Waals surface area contributed by atoms with Crippen molar-refractivity contribution in [2.24, 2.45) is 0 Å². The van der Waals surface area contributed by atoms with E-state index in [0.29, 0.717) is 28.3 Å². The van der Waals surface area contributed by atoms with Gasteiger partial charge in [0.05, 0.1) is 10.6 Å². The number of hydrogen-bond donors (Lipinski definition) is 1. The number of carbonyl (C=O) groups excluding carboxylic acids is 2. The molecule has 0 aliphatic rings. The van der Waals surface area contributed by atoms with Crippen molar-refractivity contribution in [3.05, 3.63) is 94.5 Å². The predicted molar refractivity (Wildman–Crippen MR) is 147 cm³/mol. The molecular weight excluding hydrogens is 510 g/mol. The van der Waals surface area contributed by atoms with E-state index in [-0.39, 0.29) is 17.3 Å². The van der Waals surface area contributed by atoms with Crippen molar-refractivity contribution in [3.63, 3.8) is 0 Å². The number of amides is 2. The van der Waals surface area contributed by atoms with Gasteiger partial charge in [0.1, 0.15) is 12.6 Å². The summed E-state index contributed by atoms with van der Waals surface area (Å²) in [6.45, 7) is 5.03. The van der Waals surface area contributed by atoms with E-state index in [1.165, 1.54) is 24.1 Å². The number of para-hydroxylation sites is 1. The first-order chi connectivity index (χ1) is 17.6. The molecule has 0 fully saturated rings. The molecule has 7 nitrogen and oxygen atoms in total. The van der Waals surface area contributed by atoms with Crippen LogP contribution in [-0.4, -0.2) is 44.8 Å². The Bertz CT molecular complexity index is 1360. The smallest absolute Gasteiger partial charge is 0.264 e. The number of nitrogens with one attached hydrogen (secondary N) is 1. The Balaban J connectivity index is 2.08. The number of benzene rings is 3. The summed E-state index contributed by atoms with van der Waals surface area (Å²) in [7, 11) is -2.60. The summed E-state index contributed by atoms with van der Waals surface area (Å²) in [5.74, 6) is -0.860. The van der Waals surface area contributed by atoms with Crippen molar-refractivity contribution in [2.45, 2.75) is 44.7 Å². The van der Waals surface area contributed by atoms with E-state index in [4.69, 9.17) is 11.6 Å². The zero-order valence-electron chi connectivity index (χ0n) is 21.4. The van der Waals surface area contributed by atoms with E-state index in [0.717, 1.165) is 9.87 Å². The lowest BCUT2D eigenvalue weighted by molar-refractivity contribution is -0.140. The van der Waals surface area contributed by atoms with Gasteiger partial charge in [0.15, 0.2) is 0 Å². The first-order valence-electron chi connectivity index (χ1n) is 12.0. The summed E-state index contributed by atoms with van der Waals surface area (Å²) >= 11 is 6.38. The summed E-state index contributed by atoms with van der Waals surface area (Å²) in [5, 5.41) is 3.06. The maximum absolute atomic E-state index is 13.9. The molecule has 0 saturated carbocycles. The molecule has 2 amide bonds. The average Bonchev–Trinajstić information content (AvgIpc) is 2.88. The van der Waals surface area contributed by atoms with Crippen LogP contribution in [0.4, 0.5) is 5.69 Å². The molecule has 196 valence electrons. The van der Waals surface area contributed by atoms with E-state index in [9.17, 15) is 18.0 Å².